The smallest absolute Gasteiger partial charge is 0.240 e. The van der Waals surface area contributed by atoms with Crippen LogP contribution < -0.4 is 5.32 Å². The van der Waals surface area contributed by atoms with Crippen LogP contribution in [0.2, 0.25) is 0 Å². The molecule has 0 unspecified atom stereocenters. The first-order valence-corrected chi connectivity index (χ1v) is 13.5. The van der Waals surface area contributed by atoms with Gasteiger partial charge in [0, 0.05) is 48.9 Å². The Hall–Kier alpha value is -3.92. The maximum Gasteiger partial charge on any atom is 0.240 e. The van der Waals surface area contributed by atoms with Crippen LogP contribution in [0.3, 0.4) is 0 Å². The van der Waals surface area contributed by atoms with Gasteiger partial charge in [0.1, 0.15) is 11.5 Å². The maximum absolute atomic E-state index is 14.9. The zero-order valence-corrected chi connectivity index (χ0v) is 22.8. The maximum atomic E-state index is 14.9. The third-order valence-electron chi connectivity index (χ3n) is 7.85. The summed E-state index contributed by atoms with van der Waals surface area (Å²) in [5.74, 6) is 0.843. The van der Waals surface area contributed by atoms with E-state index in [1.807, 2.05) is 54.0 Å². The first-order chi connectivity index (χ1) is 18.8. The van der Waals surface area contributed by atoms with E-state index in [2.05, 4.69) is 39.1 Å². The highest BCUT2D eigenvalue weighted by Crippen LogP contribution is 2.31. The van der Waals surface area contributed by atoms with Crippen molar-refractivity contribution in [3.8, 4) is 11.3 Å². The second-order valence-electron chi connectivity index (χ2n) is 10.9. The van der Waals surface area contributed by atoms with Gasteiger partial charge < -0.3 is 10.2 Å². The number of likely N-dealkylation sites (tertiary alicyclic amines) is 1. The van der Waals surface area contributed by atoms with Gasteiger partial charge in [-0.3, -0.25) is 14.4 Å². The number of hydrogen-bond acceptors (Lipinski definition) is 7. The summed E-state index contributed by atoms with van der Waals surface area (Å²) in [5.41, 5.74) is 4.84. The number of hydrogen-bond donors (Lipinski definition) is 1. The predicted octanol–water partition coefficient (Wildman–Crippen LogP) is 4.41. The fourth-order valence-corrected chi connectivity index (χ4v) is 5.90. The minimum Gasteiger partial charge on any atom is -0.337 e. The fraction of sp³-hybridized carbons (Fsp3) is 0.414. The summed E-state index contributed by atoms with van der Waals surface area (Å²) in [6, 6.07) is 9.52. The second-order valence-corrected chi connectivity index (χ2v) is 10.9. The summed E-state index contributed by atoms with van der Waals surface area (Å²) in [7, 11) is 3.95. The van der Waals surface area contributed by atoms with Gasteiger partial charge in [-0.25, -0.2) is 19.3 Å². The normalized spacial score (nSPS) is 17.7. The molecule has 1 saturated heterocycles. The fourth-order valence-electron chi connectivity index (χ4n) is 5.90. The zero-order chi connectivity index (χ0) is 27.3. The van der Waals surface area contributed by atoms with Gasteiger partial charge >= 0.3 is 0 Å². The van der Waals surface area contributed by atoms with Crippen molar-refractivity contribution in [1.82, 2.24) is 34.5 Å². The Labute approximate surface area is 227 Å². The van der Waals surface area contributed by atoms with Gasteiger partial charge in [0.15, 0.2) is 5.82 Å². The van der Waals surface area contributed by atoms with E-state index in [-0.39, 0.29) is 29.5 Å². The largest absolute Gasteiger partial charge is 0.337 e. The molecule has 0 radical (unpaired) electrons. The van der Waals surface area contributed by atoms with E-state index >= 15 is 0 Å². The van der Waals surface area contributed by atoms with Gasteiger partial charge in [-0.15, -0.1) is 0 Å². The Balaban J connectivity index is 1.22. The molecule has 1 fully saturated rings. The molecule has 4 aromatic rings. The molecule has 0 aliphatic carbocycles. The van der Waals surface area contributed by atoms with Gasteiger partial charge in [-0.2, -0.15) is 5.10 Å². The van der Waals surface area contributed by atoms with Gasteiger partial charge in [0.2, 0.25) is 11.9 Å². The van der Waals surface area contributed by atoms with E-state index in [4.69, 9.17) is 4.98 Å². The van der Waals surface area contributed by atoms with Crippen molar-refractivity contribution >= 4 is 28.6 Å². The number of fused-ring (bicyclic) bond motifs is 2. The van der Waals surface area contributed by atoms with Crippen LogP contribution in [0, 0.1) is 5.82 Å². The lowest BCUT2D eigenvalue weighted by Crippen LogP contribution is -2.46. The molecular weight excluding hydrogens is 495 g/mol. The summed E-state index contributed by atoms with van der Waals surface area (Å²) < 4.78 is 16.8. The number of carbonyl (C=O) groups excluding carboxylic acids is 1. The summed E-state index contributed by atoms with van der Waals surface area (Å²) in [6.07, 6.45) is 3.86. The molecule has 10 heteroatoms. The summed E-state index contributed by atoms with van der Waals surface area (Å²) in [6.45, 7) is 6.43. The standard InChI is InChI=1S/C29H33FN8O/c1-17(2)27-20-14-18(7-9-23(20)35-37(27)4)26-21(30)15-31-29(34-26)33-25-10-8-19-16-38(13-11-22(19)32-25)28(39)24-6-5-12-36(24)3/h7-10,14-15,17,24H,5-6,11-13,16H2,1-4H3,(H,31,32,33,34)/t24-/m0/s1. The van der Waals surface area contributed by atoms with E-state index in [1.165, 1.54) is 6.20 Å². The van der Waals surface area contributed by atoms with Crippen molar-refractivity contribution in [2.24, 2.45) is 7.05 Å². The lowest BCUT2D eigenvalue weighted by Gasteiger charge is -2.32. The minimum absolute atomic E-state index is 0.0129. The Morgan fingerprint density at radius 3 is 2.74 bits per heavy atom. The highest BCUT2D eigenvalue weighted by atomic mass is 19.1. The van der Waals surface area contributed by atoms with Crippen molar-refractivity contribution in [2.45, 2.75) is 51.6 Å². The number of aryl methyl sites for hydroxylation is 1. The number of anilines is 2. The molecular formula is C29H33FN8O. The lowest BCUT2D eigenvalue weighted by atomic mass is 10.0. The molecule has 0 saturated carbocycles. The molecule has 1 amide bonds. The molecule has 39 heavy (non-hydrogen) atoms. The molecule has 2 aliphatic rings. The van der Waals surface area contributed by atoms with Gasteiger partial charge in [-0.05, 0) is 56.1 Å². The number of rotatable bonds is 5. The highest BCUT2D eigenvalue weighted by molar-refractivity contribution is 5.87. The summed E-state index contributed by atoms with van der Waals surface area (Å²) in [5, 5.41) is 8.71. The molecule has 9 nitrogen and oxygen atoms in total. The van der Waals surface area contributed by atoms with Crippen molar-refractivity contribution < 1.29 is 9.18 Å². The first kappa shape index (κ1) is 25.4. The van der Waals surface area contributed by atoms with E-state index in [0.29, 0.717) is 30.9 Å². The minimum atomic E-state index is -0.494. The summed E-state index contributed by atoms with van der Waals surface area (Å²) in [4.78, 5) is 30.6. The number of pyridine rings is 1. The number of nitrogens with one attached hydrogen (secondary N) is 1. The van der Waals surface area contributed by atoms with Gasteiger partial charge in [0.05, 0.1) is 17.8 Å². The molecule has 202 valence electrons. The van der Waals surface area contributed by atoms with Crippen molar-refractivity contribution in [3.63, 3.8) is 0 Å². The number of benzene rings is 1. The predicted molar refractivity (Wildman–Crippen MR) is 148 cm³/mol. The van der Waals surface area contributed by atoms with Crippen LogP contribution in [0.15, 0.2) is 36.5 Å². The molecule has 0 spiro atoms. The molecule has 5 heterocycles. The van der Waals surface area contributed by atoms with Crippen LogP contribution >= 0.6 is 0 Å². The number of carbonyl (C=O) groups is 1. The number of likely N-dealkylation sites (N-methyl/N-ethyl adjacent to an activating group) is 1. The summed E-state index contributed by atoms with van der Waals surface area (Å²) >= 11 is 0. The molecule has 1 aromatic carbocycles. The van der Waals surface area contributed by atoms with Gasteiger partial charge in [-0.1, -0.05) is 26.0 Å². The van der Waals surface area contributed by atoms with Crippen molar-refractivity contribution in [2.75, 3.05) is 25.5 Å². The van der Waals surface area contributed by atoms with E-state index < -0.39 is 5.82 Å². The quantitative estimate of drug-likeness (QED) is 0.410. The van der Waals surface area contributed by atoms with E-state index in [9.17, 15) is 9.18 Å². The average Bonchev–Trinajstić information content (AvgIpc) is 3.50. The van der Waals surface area contributed by atoms with Crippen LogP contribution in [-0.4, -0.2) is 66.6 Å². The molecule has 6 rings (SSSR count). The number of amides is 1. The van der Waals surface area contributed by atoms with Crippen LogP contribution in [-0.2, 0) is 24.8 Å². The third kappa shape index (κ3) is 4.73. The monoisotopic (exact) mass is 528 g/mol. The van der Waals surface area contributed by atoms with Gasteiger partial charge in [0.25, 0.3) is 0 Å². The molecule has 1 N–H and O–H groups in total. The highest BCUT2D eigenvalue weighted by Gasteiger charge is 2.33. The van der Waals surface area contributed by atoms with Crippen molar-refractivity contribution in [1.29, 1.82) is 0 Å². The second kappa shape index (κ2) is 10.00. The molecule has 3 aromatic heterocycles. The Morgan fingerprint density at radius 2 is 1.97 bits per heavy atom. The number of nitrogens with zero attached hydrogens (tertiary/aromatic N) is 7. The Kier molecular flexibility index (Phi) is 6.50. The van der Waals surface area contributed by atoms with Crippen molar-refractivity contribution in [3.05, 3.63) is 59.3 Å². The van der Waals surface area contributed by atoms with Crippen LogP contribution in [0.4, 0.5) is 16.2 Å². The lowest BCUT2D eigenvalue weighted by molar-refractivity contribution is -0.136. The average molecular weight is 529 g/mol. The van der Waals surface area contributed by atoms with E-state index in [1.54, 1.807) is 0 Å². The molecule has 0 bridgehead atoms. The topological polar surface area (TPSA) is 92.1 Å². The van der Waals surface area contributed by atoms with Crippen LogP contribution in [0.1, 0.15) is 49.6 Å². The van der Waals surface area contributed by atoms with E-state index in [0.717, 1.165) is 47.2 Å². The van der Waals surface area contributed by atoms with Crippen LogP contribution in [0.25, 0.3) is 22.2 Å². The zero-order valence-electron chi connectivity index (χ0n) is 22.8. The SMILES string of the molecule is CC(C)c1c2cc(-c3nc(Nc4ccc5c(n4)CCN(C(=O)[C@@H]4CCCN4C)C5)ncc3F)ccc2nn1C. The first-order valence-electron chi connectivity index (χ1n) is 13.5. The number of halogens is 1. The Bertz CT molecular complexity index is 1560. The third-order valence-corrected chi connectivity index (χ3v) is 7.85. The molecule has 1 atom stereocenters. The molecule has 2 aliphatic heterocycles. The Morgan fingerprint density at radius 1 is 1.13 bits per heavy atom. The van der Waals surface area contributed by atoms with Crippen LogP contribution in [0.5, 0.6) is 0 Å². The number of aromatic nitrogens is 5.